The Kier molecular flexibility index (Phi) is 3.86. The van der Waals surface area contributed by atoms with Crippen molar-refractivity contribution in [3.05, 3.63) is 23.8 Å². The van der Waals surface area contributed by atoms with Crippen molar-refractivity contribution in [2.45, 2.75) is 19.0 Å². The van der Waals surface area contributed by atoms with Gasteiger partial charge in [0.05, 0.1) is 14.2 Å². The SMILES string of the molecule is COc1cccc(CN2CC[C@H](N)C2)c1OC. The number of likely N-dealkylation sites (tertiary alicyclic amines) is 1. The fourth-order valence-electron chi connectivity index (χ4n) is 2.33. The van der Waals surface area contributed by atoms with Crippen molar-refractivity contribution in [1.82, 2.24) is 4.90 Å². The van der Waals surface area contributed by atoms with Gasteiger partial charge >= 0.3 is 0 Å². The van der Waals surface area contributed by atoms with E-state index in [1.165, 1.54) is 0 Å². The summed E-state index contributed by atoms with van der Waals surface area (Å²) in [5.41, 5.74) is 7.06. The molecule has 1 heterocycles. The topological polar surface area (TPSA) is 47.7 Å². The largest absolute Gasteiger partial charge is 0.493 e. The molecule has 0 bridgehead atoms. The van der Waals surface area contributed by atoms with Crippen molar-refractivity contribution in [3.8, 4) is 11.5 Å². The van der Waals surface area contributed by atoms with E-state index >= 15 is 0 Å². The second-order valence-corrected chi connectivity index (χ2v) is 4.44. The van der Waals surface area contributed by atoms with Crippen LogP contribution in [-0.2, 0) is 6.54 Å². The Balaban J connectivity index is 2.14. The van der Waals surface area contributed by atoms with E-state index in [4.69, 9.17) is 15.2 Å². The van der Waals surface area contributed by atoms with Crippen LogP contribution in [0.4, 0.5) is 0 Å². The molecule has 1 aromatic carbocycles. The zero-order chi connectivity index (χ0) is 12.3. The smallest absolute Gasteiger partial charge is 0.165 e. The second-order valence-electron chi connectivity index (χ2n) is 4.44. The molecular formula is C13H20N2O2. The van der Waals surface area contributed by atoms with Gasteiger partial charge in [0.1, 0.15) is 0 Å². The van der Waals surface area contributed by atoms with Crippen LogP contribution in [0.1, 0.15) is 12.0 Å². The Morgan fingerprint density at radius 3 is 2.76 bits per heavy atom. The van der Waals surface area contributed by atoms with Crippen LogP contribution in [0, 0.1) is 0 Å². The molecule has 1 atom stereocenters. The van der Waals surface area contributed by atoms with Gasteiger partial charge in [-0.3, -0.25) is 4.90 Å². The van der Waals surface area contributed by atoms with Crippen molar-refractivity contribution in [3.63, 3.8) is 0 Å². The summed E-state index contributed by atoms with van der Waals surface area (Å²) in [5, 5.41) is 0. The molecule has 94 valence electrons. The highest BCUT2D eigenvalue weighted by molar-refractivity contribution is 5.46. The minimum absolute atomic E-state index is 0.312. The van der Waals surface area contributed by atoms with Gasteiger partial charge in [0.2, 0.25) is 0 Å². The number of methoxy groups -OCH3 is 2. The molecule has 1 fully saturated rings. The van der Waals surface area contributed by atoms with Gasteiger partial charge in [-0.2, -0.15) is 0 Å². The maximum Gasteiger partial charge on any atom is 0.165 e. The maximum atomic E-state index is 5.91. The molecule has 2 rings (SSSR count). The third-order valence-corrected chi connectivity index (χ3v) is 3.19. The molecule has 17 heavy (non-hydrogen) atoms. The van der Waals surface area contributed by atoms with E-state index < -0.39 is 0 Å². The third-order valence-electron chi connectivity index (χ3n) is 3.19. The number of para-hydroxylation sites is 1. The van der Waals surface area contributed by atoms with Crippen LogP contribution in [-0.4, -0.2) is 38.3 Å². The summed E-state index contributed by atoms with van der Waals surface area (Å²) in [6, 6.07) is 6.29. The lowest BCUT2D eigenvalue weighted by Gasteiger charge is -2.18. The zero-order valence-electron chi connectivity index (χ0n) is 10.5. The second kappa shape index (κ2) is 5.38. The molecule has 1 aliphatic heterocycles. The fourth-order valence-corrected chi connectivity index (χ4v) is 2.33. The lowest BCUT2D eigenvalue weighted by atomic mass is 10.1. The average Bonchev–Trinajstić information content (AvgIpc) is 2.74. The first-order valence-electron chi connectivity index (χ1n) is 5.92. The van der Waals surface area contributed by atoms with Crippen LogP contribution in [0.2, 0.25) is 0 Å². The van der Waals surface area contributed by atoms with Gasteiger partial charge in [0.25, 0.3) is 0 Å². The van der Waals surface area contributed by atoms with E-state index in [1.807, 2.05) is 12.1 Å². The van der Waals surface area contributed by atoms with E-state index in [0.717, 1.165) is 43.1 Å². The van der Waals surface area contributed by atoms with E-state index in [2.05, 4.69) is 11.0 Å². The molecule has 1 aliphatic rings. The first kappa shape index (κ1) is 12.2. The number of ether oxygens (including phenoxy) is 2. The molecule has 1 aromatic rings. The zero-order valence-corrected chi connectivity index (χ0v) is 10.5. The number of benzene rings is 1. The van der Waals surface area contributed by atoms with E-state index in [9.17, 15) is 0 Å². The standard InChI is InChI=1S/C13H20N2O2/c1-16-12-5-3-4-10(13(12)17-2)8-15-7-6-11(14)9-15/h3-5,11H,6-9,14H2,1-2H3/t11-/m0/s1. The summed E-state index contributed by atoms with van der Waals surface area (Å²) < 4.78 is 10.7. The molecule has 4 heteroatoms. The van der Waals surface area contributed by atoms with Crippen LogP contribution >= 0.6 is 0 Å². The Morgan fingerprint density at radius 2 is 2.18 bits per heavy atom. The minimum atomic E-state index is 0.312. The summed E-state index contributed by atoms with van der Waals surface area (Å²) in [6.45, 7) is 2.88. The van der Waals surface area contributed by atoms with Gasteiger partial charge in [-0.25, -0.2) is 0 Å². The van der Waals surface area contributed by atoms with Crippen molar-refractivity contribution in [1.29, 1.82) is 0 Å². The highest BCUT2D eigenvalue weighted by atomic mass is 16.5. The number of hydrogen-bond donors (Lipinski definition) is 1. The van der Waals surface area contributed by atoms with Gasteiger partial charge in [-0.15, -0.1) is 0 Å². The van der Waals surface area contributed by atoms with Gasteiger partial charge < -0.3 is 15.2 Å². The lowest BCUT2D eigenvalue weighted by Crippen LogP contribution is -2.26. The third kappa shape index (κ3) is 2.70. The number of nitrogens with two attached hydrogens (primary N) is 1. The highest BCUT2D eigenvalue weighted by Crippen LogP contribution is 2.31. The predicted molar refractivity (Wildman–Crippen MR) is 67.4 cm³/mol. The van der Waals surface area contributed by atoms with Crippen LogP contribution in [0.3, 0.4) is 0 Å². The summed E-state index contributed by atoms with van der Waals surface area (Å²) in [7, 11) is 3.34. The fraction of sp³-hybridized carbons (Fsp3) is 0.538. The van der Waals surface area contributed by atoms with Crippen LogP contribution in [0.15, 0.2) is 18.2 Å². The molecule has 0 aromatic heterocycles. The first-order chi connectivity index (χ1) is 8.24. The first-order valence-corrected chi connectivity index (χ1v) is 5.92. The van der Waals surface area contributed by atoms with Crippen molar-refractivity contribution in [2.24, 2.45) is 5.73 Å². The molecule has 0 saturated carbocycles. The van der Waals surface area contributed by atoms with E-state index in [0.29, 0.717) is 6.04 Å². The molecule has 0 unspecified atom stereocenters. The molecule has 0 spiro atoms. The van der Waals surface area contributed by atoms with Crippen molar-refractivity contribution < 1.29 is 9.47 Å². The Bertz CT molecular complexity index is 382. The van der Waals surface area contributed by atoms with Gasteiger partial charge in [0.15, 0.2) is 11.5 Å². The summed E-state index contributed by atoms with van der Waals surface area (Å²) in [6.07, 6.45) is 1.08. The Labute approximate surface area is 102 Å². The Hall–Kier alpha value is -1.26. The predicted octanol–water partition coefficient (Wildman–Crippen LogP) is 1.24. The number of hydrogen-bond acceptors (Lipinski definition) is 4. The number of nitrogens with zero attached hydrogens (tertiary/aromatic N) is 1. The van der Waals surface area contributed by atoms with Crippen molar-refractivity contribution in [2.75, 3.05) is 27.3 Å². The lowest BCUT2D eigenvalue weighted by molar-refractivity contribution is 0.309. The molecule has 0 aliphatic carbocycles. The van der Waals surface area contributed by atoms with Crippen LogP contribution < -0.4 is 15.2 Å². The Morgan fingerprint density at radius 1 is 1.35 bits per heavy atom. The molecule has 2 N–H and O–H groups in total. The van der Waals surface area contributed by atoms with E-state index in [-0.39, 0.29) is 0 Å². The maximum absolute atomic E-state index is 5.91. The van der Waals surface area contributed by atoms with Gasteiger partial charge in [-0.1, -0.05) is 12.1 Å². The van der Waals surface area contributed by atoms with Crippen LogP contribution in [0.5, 0.6) is 11.5 Å². The molecule has 0 amide bonds. The monoisotopic (exact) mass is 236 g/mol. The summed E-state index contributed by atoms with van der Waals surface area (Å²) >= 11 is 0. The molecular weight excluding hydrogens is 216 g/mol. The average molecular weight is 236 g/mol. The van der Waals surface area contributed by atoms with Gasteiger partial charge in [0, 0.05) is 31.2 Å². The molecule has 1 saturated heterocycles. The van der Waals surface area contributed by atoms with E-state index in [1.54, 1.807) is 14.2 Å². The minimum Gasteiger partial charge on any atom is -0.493 e. The number of rotatable bonds is 4. The van der Waals surface area contributed by atoms with Crippen molar-refractivity contribution >= 4 is 0 Å². The molecule has 0 radical (unpaired) electrons. The van der Waals surface area contributed by atoms with Crippen LogP contribution in [0.25, 0.3) is 0 Å². The molecule has 4 nitrogen and oxygen atoms in total. The highest BCUT2D eigenvalue weighted by Gasteiger charge is 2.20. The summed E-state index contributed by atoms with van der Waals surface area (Å²) in [5.74, 6) is 1.61. The normalized spacial score (nSPS) is 20.5. The summed E-state index contributed by atoms with van der Waals surface area (Å²) in [4.78, 5) is 2.35. The quantitative estimate of drug-likeness (QED) is 0.854. The van der Waals surface area contributed by atoms with Gasteiger partial charge in [-0.05, 0) is 12.5 Å².